The lowest BCUT2D eigenvalue weighted by atomic mass is 9.81. The topological polar surface area (TPSA) is 8.17 Å². The number of nitrogens with zero attached hydrogens (tertiary/aromatic N) is 2. The molecule has 0 saturated carbocycles. The minimum Gasteiger partial charge on any atom is -0.342 e. The van der Waals surface area contributed by atoms with E-state index in [0.29, 0.717) is 0 Å². The third-order valence-electron chi connectivity index (χ3n) is 10.5. The predicted octanol–water partition coefficient (Wildman–Crippen LogP) is 12.4. The summed E-state index contributed by atoms with van der Waals surface area (Å²) in [7, 11) is 2.12. The Morgan fingerprint density at radius 1 is 0.808 bits per heavy atom. The van der Waals surface area contributed by atoms with Crippen molar-refractivity contribution in [2.24, 2.45) is 7.05 Å². The highest BCUT2D eigenvalue weighted by molar-refractivity contribution is 6.01. The number of hydrogen-bond donors (Lipinski definition) is 0. The first kappa shape index (κ1) is 37.7. The average Bonchev–Trinajstić information content (AvgIpc) is 3.76. The molecule has 1 heterocycles. The van der Waals surface area contributed by atoms with Gasteiger partial charge < -0.3 is 9.47 Å². The fourth-order valence-electron chi connectivity index (χ4n) is 8.35. The van der Waals surface area contributed by atoms with E-state index in [1.165, 1.54) is 44.5 Å². The molecule has 0 radical (unpaired) electrons. The van der Waals surface area contributed by atoms with Crippen molar-refractivity contribution in [3.63, 3.8) is 0 Å². The summed E-state index contributed by atoms with van der Waals surface area (Å²) >= 11 is 0. The van der Waals surface area contributed by atoms with Crippen LogP contribution < -0.4 is 15.5 Å². The molecule has 52 heavy (non-hydrogen) atoms. The van der Waals surface area contributed by atoms with Crippen LogP contribution in [0.2, 0.25) is 0 Å². The SMILES string of the molecule is C=C/C=C1\C(=C/C)C(C)(C)c2cc(N(/C(C=C)=c3/c(=C)c4ccccc4n3C)c3cccc4c3Cc3ccccc3-4)c(C=C)c(C=C)c21.CC.CC. The molecule has 0 saturated heterocycles. The molecule has 2 nitrogen and oxygen atoms in total. The Bertz CT molecular complexity index is 2400. The molecule has 2 aliphatic rings. The van der Waals surface area contributed by atoms with Gasteiger partial charge in [-0.2, -0.15) is 0 Å². The first-order valence-corrected chi connectivity index (χ1v) is 18.6. The molecule has 2 heteroatoms. The van der Waals surface area contributed by atoms with Gasteiger partial charge in [-0.05, 0) is 81.3 Å². The summed E-state index contributed by atoms with van der Waals surface area (Å²) in [6.45, 7) is 36.7. The molecule has 0 spiro atoms. The zero-order valence-electron chi connectivity index (χ0n) is 32.5. The van der Waals surface area contributed by atoms with Gasteiger partial charge in [-0.1, -0.05) is 159 Å². The number of para-hydroxylation sites is 1. The molecular weight excluding hydrogens is 629 g/mol. The van der Waals surface area contributed by atoms with E-state index in [4.69, 9.17) is 0 Å². The molecule has 4 aromatic carbocycles. The lowest BCUT2D eigenvalue weighted by Crippen LogP contribution is -2.35. The number of aryl methyl sites for hydroxylation is 1. The number of aromatic nitrogens is 1. The minimum absolute atomic E-state index is 0.253. The third-order valence-corrected chi connectivity index (χ3v) is 10.5. The van der Waals surface area contributed by atoms with Crippen molar-refractivity contribution >= 4 is 52.3 Å². The Kier molecular flexibility index (Phi) is 11.1. The lowest BCUT2D eigenvalue weighted by Gasteiger charge is -2.32. The van der Waals surface area contributed by atoms with Crippen LogP contribution in [0.1, 0.15) is 81.8 Å². The van der Waals surface area contributed by atoms with Crippen LogP contribution in [0.4, 0.5) is 11.4 Å². The van der Waals surface area contributed by atoms with E-state index in [2.05, 4.69) is 155 Å². The van der Waals surface area contributed by atoms with Crippen molar-refractivity contribution in [3.05, 3.63) is 173 Å². The molecule has 7 rings (SSSR count). The number of fused-ring (bicyclic) bond motifs is 5. The Balaban J connectivity index is 0.00000126. The Morgan fingerprint density at radius 3 is 2.10 bits per heavy atom. The van der Waals surface area contributed by atoms with E-state index < -0.39 is 0 Å². The van der Waals surface area contributed by atoms with Gasteiger partial charge in [0.25, 0.3) is 0 Å². The number of anilines is 2. The maximum absolute atomic E-state index is 4.64. The molecule has 1 aromatic heterocycles. The van der Waals surface area contributed by atoms with Crippen molar-refractivity contribution in [2.75, 3.05) is 4.90 Å². The van der Waals surface area contributed by atoms with Gasteiger partial charge in [0.15, 0.2) is 0 Å². The van der Waals surface area contributed by atoms with Crippen LogP contribution in [0.15, 0.2) is 129 Å². The largest absolute Gasteiger partial charge is 0.342 e. The molecule has 0 aliphatic heterocycles. The lowest BCUT2D eigenvalue weighted by molar-refractivity contribution is 0.659. The van der Waals surface area contributed by atoms with E-state index in [1.807, 2.05) is 52.0 Å². The first-order valence-electron chi connectivity index (χ1n) is 18.6. The smallest absolute Gasteiger partial charge is 0.0727 e. The summed E-state index contributed by atoms with van der Waals surface area (Å²) in [5, 5.41) is 3.13. The van der Waals surface area contributed by atoms with E-state index in [-0.39, 0.29) is 5.41 Å². The predicted molar refractivity (Wildman–Crippen MR) is 232 cm³/mol. The van der Waals surface area contributed by atoms with Gasteiger partial charge in [-0.3, -0.25) is 0 Å². The molecular formula is C50H54N2. The summed E-state index contributed by atoms with van der Waals surface area (Å²) in [6.07, 6.45) is 13.1. The highest BCUT2D eigenvalue weighted by atomic mass is 15.2. The first-order chi connectivity index (χ1) is 25.2. The Hall–Kier alpha value is -5.60. The molecule has 0 N–H and O–H groups in total. The van der Waals surface area contributed by atoms with Gasteiger partial charge in [0, 0.05) is 40.6 Å². The molecule has 0 fully saturated rings. The normalized spacial score (nSPS) is 15.4. The molecule has 0 bridgehead atoms. The van der Waals surface area contributed by atoms with Crippen molar-refractivity contribution in [2.45, 2.75) is 60.3 Å². The van der Waals surface area contributed by atoms with E-state index in [9.17, 15) is 0 Å². The van der Waals surface area contributed by atoms with Gasteiger partial charge in [0.1, 0.15) is 0 Å². The van der Waals surface area contributed by atoms with E-state index in [0.717, 1.165) is 56.1 Å². The van der Waals surface area contributed by atoms with Crippen LogP contribution in [0.3, 0.4) is 0 Å². The van der Waals surface area contributed by atoms with Crippen molar-refractivity contribution in [1.29, 1.82) is 0 Å². The van der Waals surface area contributed by atoms with Crippen LogP contribution in [0.25, 0.3) is 52.0 Å². The molecule has 264 valence electrons. The highest BCUT2D eigenvalue weighted by Crippen LogP contribution is 2.55. The standard InChI is InChI=1S/C46H42N2.2C2H6/c1-10-20-36-38(13-4)46(7,8)39-28-43(31(11-2)32(12-3)44(36)39)48(40(14-5)45-29(6)33-22-17-18-25-41(33)47(45)9)42-26-19-24-35-34-23-16-15-21-30(34)27-37(35)42;2*1-2/h10-26,28H,1-3,5-6,27H2,4,7-9H3;2*1-2H3/b36-20+,38-13+,45-40-;;. The second-order valence-corrected chi connectivity index (χ2v) is 13.2. The Labute approximate surface area is 312 Å². The van der Waals surface area contributed by atoms with Gasteiger partial charge in [-0.15, -0.1) is 0 Å². The number of rotatable bonds is 7. The Morgan fingerprint density at radius 2 is 1.46 bits per heavy atom. The van der Waals surface area contributed by atoms with Gasteiger partial charge in [0.2, 0.25) is 0 Å². The number of hydrogen-bond acceptors (Lipinski definition) is 1. The summed E-state index contributed by atoms with van der Waals surface area (Å²) < 4.78 is 2.25. The van der Waals surface area contributed by atoms with Crippen molar-refractivity contribution < 1.29 is 0 Å². The fourth-order valence-corrected chi connectivity index (χ4v) is 8.35. The fraction of sp³-hybridized carbons (Fsp3) is 0.200. The van der Waals surface area contributed by atoms with Gasteiger partial charge >= 0.3 is 0 Å². The molecule has 5 aromatic rings. The second-order valence-electron chi connectivity index (χ2n) is 13.2. The van der Waals surface area contributed by atoms with Gasteiger partial charge in [-0.25, -0.2) is 0 Å². The van der Waals surface area contributed by atoms with Crippen molar-refractivity contribution in [3.8, 4) is 11.1 Å². The van der Waals surface area contributed by atoms with Crippen LogP contribution in [-0.2, 0) is 18.9 Å². The minimum atomic E-state index is -0.253. The zero-order valence-corrected chi connectivity index (χ0v) is 32.5. The quantitative estimate of drug-likeness (QED) is 0.163. The monoisotopic (exact) mass is 682 g/mol. The maximum Gasteiger partial charge on any atom is 0.0727 e. The molecule has 0 unspecified atom stereocenters. The summed E-state index contributed by atoms with van der Waals surface area (Å²) in [5.41, 5.74) is 16.1. The van der Waals surface area contributed by atoms with E-state index in [1.54, 1.807) is 0 Å². The average molecular weight is 683 g/mol. The highest BCUT2D eigenvalue weighted by Gasteiger charge is 2.41. The molecule has 2 aliphatic carbocycles. The summed E-state index contributed by atoms with van der Waals surface area (Å²) in [4.78, 5) is 2.41. The summed E-state index contributed by atoms with van der Waals surface area (Å²) in [5.74, 6) is 0. The second kappa shape index (κ2) is 15.3. The third kappa shape index (κ3) is 5.67. The van der Waals surface area contributed by atoms with Crippen LogP contribution >= 0.6 is 0 Å². The van der Waals surface area contributed by atoms with Crippen molar-refractivity contribution in [1.82, 2.24) is 4.57 Å². The van der Waals surface area contributed by atoms with Crippen LogP contribution in [0, 0.1) is 0 Å². The van der Waals surface area contributed by atoms with E-state index >= 15 is 0 Å². The van der Waals surface area contributed by atoms with Gasteiger partial charge in [0.05, 0.1) is 22.4 Å². The molecule has 0 atom stereocenters. The molecule has 0 amide bonds. The number of benzene rings is 4. The van der Waals surface area contributed by atoms with Crippen LogP contribution in [-0.4, -0.2) is 4.57 Å². The maximum atomic E-state index is 4.64. The summed E-state index contributed by atoms with van der Waals surface area (Å²) in [6, 6.07) is 26.3. The van der Waals surface area contributed by atoms with Crippen LogP contribution in [0.5, 0.6) is 0 Å². The number of allylic oxidation sites excluding steroid dienone is 5. The zero-order chi connectivity index (χ0) is 37.9.